The number of amides is 1. The van der Waals surface area contributed by atoms with E-state index in [9.17, 15) is 15.0 Å². The van der Waals surface area contributed by atoms with Gasteiger partial charge in [-0.05, 0) is 48.7 Å². The van der Waals surface area contributed by atoms with E-state index in [0.717, 1.165) is 23.1 Å². The van der Waals surface area contributed by atoms with Gasteiger partial charge in [0.05, 0.1) is 17.4 Å². The van der Waals surface area contributed by atoms with Crippen molar-refractivity contribution in [3.05, 3.63) is 89.0 Å². The molecule has 184 valence electrons. The summed E-state index contributed by atoms with van der Waals surface area (Å²) in [5.41, 5.74) is 8.57. The lowest BCUT2D eigenvalue weighted by Crippen LogP contribution is -2.22. The molecular weight excluding hydrogens is 470 g/mol. The summed E-state index contributed by atoms with van der Waals surface area (Å²) in [6, 6.07) is 8.98. The number of imidazole rings is 1. The third kappa shape index (κ3) is 3.64. The quantitative estimate of drug-likeness (QED) is 0.368. The van der Waals surface area contributed by atoms with Crippen LogP contribution in [0.2, 0.25) is 0 Å². The lowest BCUT2D eigenvalue weighted by molar-refractivity contribution is 0.0989. The fourth-order valence-electron chi connectivity index (χ4n) is 4.88. The molecule has 7 rings (SSSR count). The van der Waals surface area contributed by atoms with Crippen LogP contribution in [0.25, 0.3) is 17.0 Å². The normalized spacial score (nSPS) is 17.6. The van der Waals surface area contributed by atoms with Gasteiger partial charge in [-0.1, -0.05) is 24.0 Å². The minimum absolute atomic E-state index is 0.0130. The lowest BCUT2D eigenvalue weighted by atomic mass is 9.86. The average Bonchev–Trinajstić information content (AvgIpc) is 3.41. The molecule has 5 heterocycles. The van der Waals surface area contributed by atoms with Crippen molar-refractivity contribution >= 4 is 11.5 Å². The monoisotopic (exact) mass is 493 g/mol. The molecule has 0 saturated heterocycles. The smallest absolute Gasteiger partial charge is 0.269 e. The molecule has 1 aromatic carbocycles. The summed E-state index contributed by atoms with van der Waals surface area (Å²) in [6.07, 6.45) is 6.36. The molecule has 1 aliphatic carbocycles. The molecule has 0 spiro atoms. The minimum atomic E-state index is -1.55. The second kappa shape index (κ2) is 8.23. The summed E-state index contributed by atoms with van der Waals surface area (Å²) in [4.78, 5) is 25.3. The fourth-order valence-corrected chi connectivity index (χ4v) is 4.88. The second-order valence-electron chi connectivity index (χ2n) is 9.30. The Kier molecular flexibility index (Phi) is 5.08. The van der Waals surface area contributed by atoms with Crippen molar-refractivity contribution in [3.8, 4) is 23.2 Å². The van der Waals surface area contributed by atoms with Gasteiger partial charge in [0, 0.05) is 36.8 Å². The summed E-state index contributed by atoms with van der Waals surface area (Å²) in [7, 11) is 1.72. The minimum Gasteiger partial charge on any atom is -0.380 e. The first-order chi connectivity index (χ1) is 17.7. The van der Waals surface area contributed by atoms with Crippen LogP contribution in [0.4, 0.5) is 0 Å². The number of aliphatic hydroxyl groups is 2. The van der Waals surface area contributed by atoms with E-state index in [2.05, 4.69) is 38.0 Å². The van der Waals surface area contributed by atoms with Crippen molar-refractivity contribution in [1.29, 1.82) is 0 Å². The number of carbonyl (C=O) groups excluding carboxylic acids is 1. The van der Waals surface area contributed by atoms with Crippen LogP contribution in [0, 0.1) is 11.8 Å². The third-order valence-electron chi connectivity index (χ3n) is 6.79. The zero-order chi connectivity index (χ0) is 25.9. The van der Waals surface area contributed by atoms with Crippen molar-refractivity contribution in [2.75, 3.05) is 0 Å². The summed E-state index contributed by atoms with van der Waals surface area (Å²) >= 11 is 0. The van der Waals surface area contributed by atoms with E-state index in [1.807, 2.05) is 22.8 Å². The Hall–Kier alpha value is -4.59. The first-order valence-corrected chi connectivity index (χ1v) is 11.7. The molecule has 3 atom stereocenters. The van der Waals surface area contributed by atoms with Gasteiger partial charge in [0.15, 0.2) is 17.1 Å². The van der Waals surface area contributed by atoms with E-state index >= 15 is 0 Å². The van der Waals surface area contributed by atoms with Gasteiger partial charge in [0.1, 0.15) is 11.9 Å². The second-order valence-corrected chi connectivity index (χ2v) is 9.30. The molecule has 2 bridgehead atoms. The summed E-state index contributed by atoms with van der Waals surface area (Å²) in [5.74, 6) is 5.88. The maximum absolute atomic E-state index is 12.5. The number of primary amides is 1. The lowest BCUT2D eigenvalue weighted by Gasteiger charge is -2.27. The van der Waals surface area contributed by atoms with Crippen LogP contribution >= 0.6 is 0 Å². The van der Waals surface area contributed by atoms with Crippen molar-refractivity contribution in [3.63, 3.8) is 0 Å². The maximum atomic E-state index is 12.5. The van der Waals surface area contributed by atoms with Crippen LogP contribution in [0.15, 0.2) is 55.0 Å². The highest BCUT2D eigenvalue weighted by Gasteiger charge is 2.38. The van der Waals surface area contributed by atoms with Crippen LogP contribution in [-0.2, 0) is 12.6 Å². The van der Waals surface area contributed by atoms with E-state index in [0.29, 0.717) is 22.8 Å². The highest BCUT2D eigenvalue weighted by atomic mass is 16.3. The van der Waals surface area contributed by atoms with Crippen LogP contribution in [0.5, 0.6) is 0 Å². The number of nitrogens with two attached hydrogens (primary N) is 1. The Balaban J connectivity index is 1.49. The van der Waals surface area contributed by atoms with Crippen LogP contribution in [0.3, 0.4) is 0 Å². The van der Waals surface area contributed by atoms with Gasteiger partial charge in [-0.2, -0.15) is 5.10 Å². The molecule has 0 radical (unpaired) electrons. The van der Waals surface area contributed by atoms with E-state index in [4.69, 9.17) is 5.73 Å². The fraction of sp³-hybridized carbons (Fsp3) is 0.222. The molecule has 0 saturated carbocycles. The van der Waals surface area contributed by atoms with Crippen LogP contribution < -0.4 is 5.73 Å². The number of rotatable bonds is 4. The number of nitrogens with zero attached hydrogens (tertiary/aromatic N) is 6. The number of hydrogen-bond acceptors (Lipinski definition) is 7. The van der Waals surface area contributed by atoms with Gasteiger partial charge in [0.2, 0.25) is 0 Å². The van der Waals surface area contributed by atoms with Gasteiger partial charge in [0.25, 0.3) is 5.91 Å². The van der Waals surface area contributed by atoms with Gasteiger partial charge in [-0.25, -0.2) is 15.0 Å². The highest BCUT2D eigenvalue weighted by molar-refractivity contribution is 5.94. The number of carbonyl (C=O) groups is 1. The predicted octanol–water partition coefficient (Wildman–Crippen LogP) is 1.86. The third-order valence-corrected chi connectivity index (χ3v) is 6.79. The highest BCUT2D eigenvalue weighted by Crippen LogP contribution is 2.49. The first-order valence-electron chi connectivity index (χ1n) is 11.7. The van der Waals surface area contributed by atoms with Crippen LogP contribution in [0.1, 0.15) is 64.3 Å². The van der Waals surface area contributed by atoms with Gasteiger partial charge in [-0.3, -0.25) is 9.48 Å². The van der Waals surface area contributed by atoms with Crippen LogP contribution in [-0.4, -0.2) is 45.4 Å². The molecule has 3 aromatic heterocycles. The predicted molar refractivity (Wildman–Crippen MR) is 134 cm³/mol. The molecule has 4 aromatic rings. The Morgan fingerprint density at radius 3 is 2.65 bits per heavy atom. The average molecular weight is 494 g/mol. The Labute approximate surface area is 212 Å². The molecule has 1 amide bonds. The number of aromatic nitrogens is 6. The van der Waals surface area contributed by atoms with E-state index in [1.54, 1.807) is 42.5 Å². The molecule has 4 N–H and O–H groups in total. The van der Waals surface area contributed by atoms with Crippen molar-refractivity contribution in [2.24, 2.45) is 12.8 Å². The number of benzene rings is 1. The van der Waals surface area contributed by atoms with E-state index < -0.39 is 17.6 Å². The molecule has 3 unspecified atom stereocenters. The molecule has 10 nitrogen and oxygen atoms in total. The number of aryl methyl sites for hydroxylation is 1. The van der Waals surface area contributed by atoms with Crippen molar-refractivity contribution in [2.45, 2.75) is 31.1 Å². The Bertz CT molecular complexity index is 1650. The largest absolute Gasteiger partial charge is 0.380 e. The van der Waals surface area contributed by atoms with Gasteiger partial charge < -0.3 is 20.5 Å². The summed E-state index contributed by atoms with van der Waals surface area (Å²) in [6.45, 7) is 1.54. The maximum Gasteiger partial charge on any atom is 0.269 e. The molecular formula is C27H23N7O3. The van der Waals surface area contributed by atoms with Crippen molar-refractivity contribution in [1.82, 2.24) is 29.3 Å². The molecule has 3 aliphatic rings. The Morgan fingerprint density at radius 1 is 1.22 bits per heavy atom. The standard InChI is InChI=1S/C27H23N7O3/c1-27(37,26-29-9-3-10-30-26)8-6-15-4-5-18-16-13-17(14-16)34-22(23(35)20-7-11-31-33(20)2)21(24(28)36)32-25(34)19(18)12-15/h3-5,7,9-13,17,23,35,37H,14H2,1-2H3,(H2,28,36). The zero-order valence-electron chi connectivity index (χ0n) is 20.1. The number of allylic oxidation sites excluding steroid dienone is 2. The van der Waals surface area contributed by atoms with E-state index in [-0.39, 0.29) is 17.6 Å². The van der Waals surface area contributed by atoms with Gasteiger partial charge >= 0.3 is 0 Å². The molecule has 0 fully saturated rings. The van der Waals surface area contributed by atoms with Gasteiger partial charge in [-0.15, -0.1) is 0 Å². The zero-order valence-corrected chi connectivity index (χ0v) is 20.1. The summed E-state index contributed by atoms with van der Waals surface area (Å²) in [5, 5.41) is 26.3. The Morgan fingerprint density at radius 2 is 1.97 bits per heavy atom. The number of aliphatic hydroxyl groups excluding tert-OH is 1. The molecule has 37 heavy (non-hydrogen) atoms. The van der Waals surface area contributed by atoms with Crippen molar-refractivity contribution < 1.29 is 15.0 Å². The SMILES string of the molecule is Cn1nccc1C(O)c1c(C(N)=O)nc2n1C1C=C(C1)c1ccc(C#CC(C)(O)c3ncccn3)cc1-2. The van der Waals surface area contributed by atoms with E-state index in [1.165, 1.54) is 6.92 Å². The summed E-state index contributed by atoms with van der Waals surface area (Å²) < 4.78 is 3.44. The molecule has 10 heteroatoms. The molecule has 2 aliphatic heterocycles. The topological polar surface area (TPSA) is 145 Å². The number of hydrogen-bond donors (Lipinski definition) is 3. The first kappa shape index (κ1) is 22.8.